The highest BCUT2D eigenvalue weighted by Crippen LogP contribution is 2.36. The Morgan fingerprint density at radius 2 is 1.91 bits per heavy atom. The molecule has 0 spiro atoms. The number of aryl methyl sites for hydroxylation is 2. The van der Waals surface area contributed by atoms with E-state index in [4.69, 9.17) is 9.47 Å². The van der Waals surface area contributed by atoms with E-state index in [2.05, 4.69) is 22.2 Å². The van der Waals surface area contributed by atoms with Gasteiger partial charge in [0.05, 0.1) is 18.0 Å². The van der Waals surface area contributed by atoms with Crippen molar-refractivity contribution in [2.75, 3.05) is 18.5 Å². The van der Waals surface area contributed by atoms with Gasteiger partial charge in [-0.25, -0.2) is 9.97 Å². The Morgan fingerprint density at radius 1 is 1.13 bits per heavy atom. The Bertz CT molecular complexity index is 872. The number of hydrogen-bond donors (Lipinski definition) is 1. The van der Waals surface area contributed by atoms with E-state index in [1.54, 1.807) is 12.5 Å². The van der Waals surface area contributed by atoms with Gasteiger partial charge in [-0.2, -0.15) is 0 Å². The first kappa shape index (κ1) is 13.9. The lowest BCUT2D eigenvalue weighted by Crippen LogP contribution is -2.16. The standard InChI is InChI=1S/C17H18N4O2/c1-3-11-6-15-16(23-5-4-22-15)7-12(11)20-17-8-14-13(9-18-17)19-10-21(14)2/h6-10H,3-5H2,1-2H3,(H,18,20). The molecule has 2 aromatic heterocycles. The van der Waals surface area contributed by atoms with E-state index in [1.807, 2.05) is 29.8 Å². The molecule has 1 aromatic carbocycles. The Morgan fingerprint density at radius 3 is 2.70 bits per heavy atom. The summed E-state index contributed by atoms with van der Waals surface area (Å²) < 4.78 is 13.3. The fourth-order valence-electron chi connectivity index (χ4n) is 2.78. The molecular weight excluding hydrogens is 292 g/mol. The summed E-state index contributed by atoms with van der Waals surface area (Å²) in [6.45, 7) is 3.30. The van der Waals surface area contributed by atoms with Crippen molar-refractivity contribution in [2.45, 2.75) is 13.3 Å². The summed E-state index contributed by atoms with van der Waals surface area (Å²) in [6.07, 6.45) is 4.46. The van der Waals surface area contributed by atoms with Gasteiger partial charge in [-0.15, -0.1) is 0 Å². The van der Waals surface area contributed by atoms with Crippen molar-refractivity contribution in [2.24, 2.45) is 7.05 Å². The molecule has 0 saturated heterocycles. The molecule has 118 valence electrons. The lowest BCUT2D eigenvalue weighted by Gasteiger charge is -2.21. The smallest absolute Gasteiger partial charge is 0.163 e. The molecule has 6 heteroatoms. The summed E-state index contributed by atoms with van der Waals surface area (Å²) in [6, 6.07) is 6.03. The van der Waals surface area contributed by atoms with Crippen molar-refractivity contribution in [3.8, 4) is 11.5 Å². The third kappa shape index (κ3) is 2.46. The van der Waals surface area contributed by atoms with Crippen molar-refractivity contribution in [1.82, 2.24) is 14.5 Å². The topological polar surface area (TPSA) is 61.2 Å². The van der Waals surface area contributed by atoms with Crippen LogP contribution < -0.4 is 14.8 Å². The Hall–Kier alpha value is -2.76. The molecule has 0 aliphatic carbocycles. The van der Waals surface area contributed by atoms with Gasteiger partial charge < -0.3 is 19.4 Å². The minimum atomic E-state index is 0.580. The van der Waals surface area contributed by atoms with Crippen molar-refractivity contribution in [3.05, 3.63) is 36.3 Å². The summed E-state index contributed by atoms with van der Waals surface area (Å²) in [5.74, 6) is 2.37. The third-order valence-electron chi connectivity index (χ3n) is 4.02. The van der Waals surface area contributed by atoms with Crippen LogP contribution in [0.2, 0.25) is 0 Å². The zero-order chi connectivity index (χ0) is 15.8. The van der Waals surface area contributed by atoms with Crippen LogP contribution in [0.1, 0.15) is 12.5 Å². The van der Waals surface area contributed by atoms with E-state index >= 15 is 0 Å². The molecular formula is C17H18N4O2. The number of nitrogens with one attached hydrogen (secondary N) is 1. The number of aromatic nitrogens is 3. The van der Waals surface area contributed by atoms with Crippen LogP contribution in [0.25, 0.3) is 11.0 Å². The van der Waals surface area contributed by atoms with Crippen LogP contribution in [-0.2, 0) is 13.5 Å². The van der Waals surface area contributed by atoms with Crippen LogP contribution in [0, 0.1) is 0 Å². The average molecular weight is 310 g/mol. The van der Waals surface area contributed by atoms with Crippen molar-refractivity contribution in [3.63, 3.8) is 0 Å². The van der Waals surface area contributed by atoms with Crippen LogP contribution in [0.3, 0.4) is 0 Å². The van der Waals surface area contributed by atoms with E-state index < -0.39 is 0 Å². The lowest BCUT2D eigenvalue weighted by atomic mass is 10.1. The summed E-state index contributed by atoms with van der Waals surface area (Å²) in [4.78, 5) is 8.74. The Labute approximate surface area is 134 Å². The molecule has 1 aliphatic heterocycles. The predicted molar refractivity (Wildman–Crippen MR) is 88.6 cm³/mol. The second kappa shape index (κ2) is 5.46. The van der Waals surface area contributed by atoms with Crippen LogP contribution in [0.4, 0.5) is 11.5 Å². The minimum absolute atomic E-state index is 0.580. The summed E-state index contributed by atoms with van der Waals surface area (Å²) in [7, 11) is 1.97. The molecule has 0 fully saturated rings. The zero-order valence-corrected chi connectivity index (χ0v) is 13.2. The molecule has 0 unspecified atom stereocenters. The normalized spacial score (nSPS) is 13.3. The number of ether oxygens (including phenoxy) is 2. The SMILES string of the molecule is CCc1cc2c(cc1Nc1cc3c(cn1)ncn3C)OCCO2. The highest BCUT2D eigenvalue weighted by molar-refractivity contribution is 5.79. The molecule has 3 heterocycles. The number of nitrogens with zero attached hydrogens (tertiary/aromatic N) is 3. The number of fused-ring (bicyclic) bond motifs is 2. The van der Waals surface area contributed by atoms with E-state index in [-0.39, 0.29) is 0 Å². The fraction of sp³-hybridized carbons (Fsp3) is 0.294. The van der Waals surface area contributed by atoms with Crippen LogP contribution >= 0.6 is 0 Å². The summed E-state index contributed by atoms with van der Waals surface area (Å²) >= 11 is 0. The first-order valence-electron chi connectivity index (χ1n) is 7.71. The number of hydrogen-bond acceptors (Lipinski definition) is 5. The lowest BCUT2D eigenvalue weighted by molar-refractivity contribution is 0.171. The summed E-state index contributed by atoms with van der Waals surface area (Å²) in [5.41, 5.74) is 4.08. The van der Waals surface area contributed by atoms with Gasteiger partial charge in [0.15, 0.2) is 11.5 Å². The predicted octanol–water partition coefficient (Wildman–Crippen LogP) is 3.05. The first-order chi connectivity index (χ1) is 11.2. The summed E-state index contributed by atoms with van der Waals surface area (Å²) in [5, 5.41) is 3.39. The second-order valence-corrected chi connectivity index (χ2v) is 5.55. The number of benzene rings is 1. The fourth-order valence-corrected chi connectivity index (χ4v) is 2.78. The number of imidazole rings is 1. The molecule has 6 nitrogen and oxygen atoms in total. The van der Waals surface area contributed by atoms with Crippen molar-refractivity contribution in [1.29, 1.82) is 0 Å². The largest absolute Gasteiger partial charge is 0.486 e. The molecule has 0 radical (unpaired) electrons. The molecule has 3 aromatic rings. The minimum Gasteiger partial charge on any atom is -0.486 e. The molecule has 0 bridgehead atoms. The number of rotatable bonds is 3. The molecule has 1 aliphatic rings. The van der Waals surface area contributed by atoms with Gasteiger partial charge in [0.2, 0.25) is 0 Å². The Balaban J connectivity index is 1.72. The Kier molecular flexibility index (Phi) is 3.29. The molecule has 23 heavy (non-hydrogen) atoms. The number of anilines is 2. The van der Waals surface area contributed by atoms with Gasteiger partial charge in [0, 0.05) is 24.9 Å². The zero-order valence-electron chi connectivity index (χ0n) is 13.2. The van der Waals surface area contributed by atoms with Crippen molar-refractivity contribution >= 4 is 22.5 Å². The maximum absolute atomic E-state index is 5.68. The maximum atomic E-state index is 5.68. The van der Waals surface area contributed by atoms with Gasteiger partial charge >= 0.3 is 0 Å². The highest BCUT2D eigenvalue weighted by Gasteiger charge is 2.15. The van der Waals surface area contributed by atoms with E-state index in [1.165, 1.54) is 5.56 Å². The highest BCUT2D eigenvalue weighted by atomic mass is 16.6. The molecule has 0 atom stereocenters. The van der Waals surface area contributed by atoms with Gasteiger partial charge in [-0.05, 0) is 18.1 Å². The quantitative estimate of drug-likeness (QED) is 0.805. The maximum Gasteiger partial charge on any atom is 0.163 e. The number of pyridine rings is 1. The average Bonchev–Trinajstić information content (AvgIpc) is 2.95. The van der Waals surface area contributed by atoms with Gasteiger partial charge in [-0.3, -0.25) is 0 Å². The van der Waals surface area contributed by atoms with Crippen LogP contribution in [0.5, 0.6) is 11.5 Å². The molecule has 0 saturated carbocycles. The van der Waals surface area contributed by atoms with Gasteiger partial charge in [0.1, 0.15) is 24.5 Å². The molecule has 0 amide bonds. The van der Waals surface area contributed by atoms with Gasteiger partial charge in [0.25, 0.3) is 0 Å². The third-order valence-corrected chi connectivity index (χ3v) is 4.02. The molecule has 4 rings (SSSR count). The van der Waals surface area contributed by atoms with E-state index in [0.717, 1.165) is 40.5 Å². The molecule has 1 N–H and O–H groups in total. The first-order valence-corrected chi connectivity index (χ1v) is 7.71. The van der Waals surface area contributed by atoms with Crippen molar-refractivity contribution < 1.29 is 9.47 Å². The monoisotopic (exact) mass is 310 g/mol. The second-order valence-electron chi connectivity index (χ2n) is 5.55. The van der Waals surface area contributed by atoms with Gasteiger partial charge in [-0.1, -0.05) is 6.92 Å². The van der Waals surface area contributed by atoms with E-state index in [9.17, 15) is 0 Å². The van der Waals surface area contributed by atoms with Crippen LogP contribution in [0.15, 0.2) is 30.7 Å². The van der Waals surface area contributed by atoms with Crippen LogP contribution in [-0.4, -0.2) is 27.7 Å². The van der Waals surface area contributed by atoms with E-state index in [0.29, 0.717) is 13.2 Å².